The van der Waals surface area contributed by atoms with Crippen molar-refractivity contribution in [1.82, 2.24) is 14.9 Å². The van der Waals surface area contributed by atoms with Gasteiger partial charge in [0, 0.05) is 61.5 Å². The van der Waals surface area contributed by atoms with E-state index >= 15 is 4.39 Å². The summed E-state index contributed by atoms with van der Waals surface area (Å²) in [5, 5.41) is 27.3. The second-order valence-electron chi connectivity index (χ2n) is 12.0. The average Bonchev–Trinajstić information content (AvgIpc) is 3.03. The molecule has 1 amide bonds. The Bertz CT molecular complexity index is 1780. The van der Waals surface area contributed by atoms with Crippen molar-refractivity contribution in [3.63, 3.8) is 0 Å². The van der Waals surface area contributed by atoms with Gasteiger partial charge >= 0.3 is 0 Å². The van der Waals surface area contributed by atoms with Gasteiger partial charge < -0.3 is 35.9 Å². The number of halogens is 1. The number of carbonyl (C=O) groups is 1. The van der Waals surface area contributed by atoms with E-state index in [0.717, 1.165) is 31.5 Å². The number of likely N-dealkylation sites (N-methyl/N-ethyl adjacent to an activating group) is 2. The Morgan fingerprint density at radius 3 is 2.52 bits per heavy atom. The van der Waals surface area contributed by atoms with E-state index < -0.39 is 18.3 Å². The summed E-state index contributed by atoms with van der Waals surface area (Å²) in [4.78, 5) is 33.2. The lowest BCUT2D eigenvalue weighted by atomic mass is 9.85. The number of nitrogens with one attached hydrogen (secondary N) is 4. The molecule has 0 saturated carbocycles. The minimum Gasteiger partial charge on any atom is -0.392 e. The SMILES string of the molecule is CCN(CCNC)c1ccc(Nc2cc(-c3cccc(NC(=O)c4c(F)cc(C(C)(C)C)cc4C=N)c3CO)cn(C)c2=O)nc1. The van der Waals surface area contributed by atoms with Crippen LogP contribution in [0.5, 0.6) is 0 Å². The number of hydrogen-bond acceptors (Lipinski definition) is 8. The molecule has 0 saturated heterocycles. The van der Waals surface area contributed by atoms with E-state index in [-0.39, 0.29) is 33.5 Å². The topological polar surface area (TPSA) is 135 Å². The Morgan fingerprint density at radius 1 is 1.15 bits per heavy atom. The molecule has 0 unspecified atom stereocenters. The fraction of sp³-hybridized carbons (Fsp3) is 0.314. The molecule has 2 aromatic heterocycles. The first kappa shape index (κ1) is 34.0. The number of carbonyl (C=O) groups excluding carboxylic acids is 1. The molecule has 4 aromatic rings. The number of rotatable bonds is 12. The molecule has 2 aromatic carbocycles. The highest BCUT2D eigenvalue weighted by molar-refractivity contribution is 6.10. The first-order valence-electron chi connectivity index (χ1n) is 15.1. The van der Waals surface area contributed by atoms with Crippen LogP contribution in [0.4, 0.5) is 27.3 Å². The highest BCUT2D eigenvalue weighted by Gasteiger charge is 2.23. The van der Waals surface area contributed by atoms with Gasteiger partial charge in [0.25, 0.3) is 11.5 Å². The number of aliphatic hydroxyl groups excluding tert-OH is 1. The summed E-state index contributed by atoms with van der Waals surface area (Å²) in [7, 11) is 3.54. The molecule has 0 radical (unpaired) electrons. The van der Waals surface area contributed by atoms with Gasteiger partial charge in [-0.25, -0.2) is 9.37 Å². The van der Waals surface area contributed by atoms with Crippen LogP contribution in [-0.2, 0) is 19.1 Å². The summed E-state index contributed by atoms with van der Waals surface area (Å²) in [6.07, 6.45) is 4.36. The van der Waals surface area contributed by atoms with Crippen molar-refractivity contribution >= 4 is 35.0 Å². The number of aromatic nitrogens is 2. The Morgan fingerprint density at radius 2 is 1.91 bits per heavy atom. The maximum Gasteiger partial charge on any atom is 0.274 e. The van der Waals surface area contributed by atoms with Crippen LogP contribution in [0, 0.1) is 11.2 Å². The van der Waals surface area contributed by atoms with Crippen molar-refractivity contribution in [2.24, 2.45) is 7.05 Å². The van der Waals surface area contributed by atoms with Crippen molar-refractivity contribution in [1.29, 1.82) is 5.41 Å². The number of hydrogen-bond donors (Lipinski definition) is 5. The maximum absolute atomic E-state index is 15.3. The number of anilines is 4. The van der Waals surface area contributed by atoms with Crippen molar-refractivity contribution < 1.29 is 14.3 Å². The normalized spacial score (nSPS) is 11.3. The number of pyridine rings is 2. The molecule has 242 valence electrons. The average molecular weight is 628 g/mol. The molecule has 0 aliphatic rings. The predicted molar refractivity (Wildman–Crippen MR) is 183 cm³/mol. The quantitative estimate of drug-likeness (QED) is 0.133. The van der Waals surface area contributed by atoms with Gasteiger partial charge in [0.05, 0.1) is 24.1 Å². The van der Waals surface area contributed by atoms with Crippen LogP contribution in [0.15, 0.2) is 65.7 Å². The highest BCUT2D eigenvalue weighted by Crippen LogP contribution is 2.32. The van der Waals surface area contributed by atoms with Crippen molar-refractivity contribution in [3.8, 4) is 11.1 Å². The van der Waals surface area contributed by atoms with E-state index in [1.165, 1.54) is 10.6 Å². The summed E-state index contributed by atoms with van der Waals surface area (Å²) >= 11 is 0. The van der Waals surface area contributed by atoms with Crippen LogP contribution < -0.4 is 26.4 Å². The van der Waals surface area contributed by atoms with Gasteiger partial charge in [-0.15, -0.1) is 0 Å². The number of amides is 1. The molecule has 46 heavy (non-hydrogen) atoms. The van der Waals surface area contributed by atoms with Crippen LogP contribution in [0.25, 0.3) is 11.1 Å². The van der Waals surface area contributed by atoms with E-state index in [0.29, 0.717) is 28.1 Å². The molecule has 2 heterocycles. The molecular weight excluding hydrogens is 585 g/mol. The first-order chi connectivity index (χ1) is 21.9. The molecule has 5 N–H and O–H groups in total. The fourth-order valence-electron chi connectivity index (χ4n) is 5.19. The minimum atomic E-state index is -0.742. The Labute approximate surface area is 268 Å². The standard InChI is InChI=1S/C35H42FN7O3/c1-7-43(14-13-38-5)25-11-12-31(39-19-25)40-30-16-23(20-42(6)34(30)46)26-9-8-10-29(27(26)21-44)41-33(45)32-22(18-37)15-24(17-28(32)36)35(2,3)4/h8-12,15-20,37-38,44H,7,13-14,21H2,1-6H3,(H,39,40)(H,41,45). The van der Waals surface area contributed by atoms with Crippen molar-refractivity contribution in [2.75, 3.05) is 42.2 Å². The number of aryl methyl sites for hydroxylation is 1. The second-order valence-corrected chi connectivity index (χ2v) is 12.0. The van der Waals surface area contributed by atoms with Crippen LogP contribution in [0.1, 0.15) is 54.7 Å². The van der Waals surface area contributed by atoms with Gasteiger partial charge in [-0.1, -0.05) is 32.9 Å². The predicted octanol–water partition coefficient (Wildman–Crippen LogP) is 5.42. The maximum atomic E-state index is 15.3. The van der Waals surface area contributed by atoms with E-state index in [9.17, 15) is 14.7 Å². The van der Waals surface area contributed by atoms with E-state index in [1.54, 1.807) is 49.8 Å². The number of nitrogens with zero attached hydrogens (tertiary/aromatic N) is 3. The van der Waals surface area contributed by atoms with Gasteiger partial charge in [0.1, 0.15) is 17.3 Å². The lowest BCUT2D eigenvalue weighted by Crippen LogP contribution is -2.30. The van der Waals surface area contributed by atoms with E-state index in [1.807, 2.05) is 40.0 Å². The Balaban J connectivity index is 1.66. The third kappa shape index (κ3) is 7.49. The van der Waals surface area contributed by atoms with Crippen LogP contribution in [0.2, 0.25) is 0 Å². The molecule has 0 spiro atoms. The smallest absolute Gasteiger partial charge is 0.274 e. The summed E-state index contributed by atoms with van der Waals surface area (Å²) in [5.41, 5.74) is 2.98. The van der Waals surface area contributed by atoms with Crippen LogP contribution in [0.3, 0.4) is 0 Å². The lowest BCUT2D eigenvalue weighted by Gasteiger charge is -2.22. The van der Waals surface area contributed by atoms with Gasteiger partial charge in [-0.05, 0) is 66.9 Å². The number of benzene rings is 2. The summed E-state index contributed by atoms with van der Waals surface area (Å²) in [5.74, 6) is -0.985. The Hall–Kier alpha value is -4.87. The zero-order valence-corrected chi connectivity index (χ0v) is 27.2. The molecule has 0 aliphatic heterocycles. The third-order valence-corrected chi connectivity index (χ3v) is 7.84. The monoisotopic (exact) mass is 627 g/mol. The van der Waals surface area contributed by atoms with E-state index in [2.05, 4.69) is 32.8 Å². The molecule has 10 nitrogen and oxygen atoms in total. The van der Waals surface area contributed by atoms with Gasteiger partial charge in [0.15, 0.2) is 0 Å². The molecule has 0 aliphatic carbocycles. The highest BCUT2D eigenvalue weighted by atomic mass is 19.1. The zero-order chi connectivity index (χ0) is 33.6. The summed E-state index contributed by atoms with van der Waals surface area (Å²) in [6.45, 7) is 9.91. The molecule has 0 atom stereocenters. The van der Waals surface area contributed by atoms with E-state index in [4.69, 9.17) is 5.41 Å². The largest absolute Gasteiger partial charge is 0.392 e. The molecule has 4 rings (SSSR count). The van der Waals surface area contributed by atoms with Crippen molar-refractivity contribution in [3.05, 3.63) is 99.3 Å². The fourth-order valence-corrected chi connectivity index (χ4v) is 5.19. The molecular formula is C35H42FN7O3. The second kappa shape index (κ2) is 14.5. The lowest BCUT2D eigenvalue weighted by molar-refractivity contribution is 0.102. The van der Waals surface area contributed by atoms with Crippen molar-refractivity contribution in [2.45, 2.75) is 39.7 Å². The molecule has 11 heteroatoms. The summed E-state index contributed by atoms with van der Waals surface area (Å²) in [6, 6.07) is 13.5. The third-order valence-electron chi connectivity index (χ3n) is 7.84. The van der Waals surface area contributed by atoms with Gasteiger partial charge in [-0.3, -0.25) is 9.59 Å². The first-order valence-corrected chi connectivity index (χ1v) is 15.1. The van der Waals surface area contributed by atoms with Gasteiger partial charge in [-0.2, -0.15) is 0 Å². The zero-order valence-electron chi connectivity index (χ0n) is 27.2. The summed E-state index contributed by atoms with van der Waals surface area (Å²) < 4.78 is 16.7. The van der Waals surface area contributed by atoms with Gasteiger partial charge in [0.2, 0.25) is 0 Å². The molecule has 0 fully saturated rings. The molecule has 0 bridgehead atoms. The van der Waals surface area contributed by atoms with Crippen LogP contribution in [-0.4, -0.2) is 53.5 Å². The Kier molecular flexibility index (Phi) is 10.7. The van der Waals surface area contributed by atoms with Crippen LogP contribution >= 0.6 is 0 Å². The number of aliphatic hydroxyl groups is 1. The minimum absolute atomic E-state index is 0.153.